The second-order valence-corrected chi connectivity index (χ2v) is 7.10. The topological polar surface area (TPSA) is 18.5 Å². The summed E-state index contributed by atoms with van der Waals surface area (Å²) >= 11 is 3.44. The van der Waals surface area contributed by atoms with E-state index in [2.05, 4.69) is 35.0 Å². The van der Waals surface area contributed by atoms with Gasteiger partial charge in [-0.05, 0) is 38.0 Å². The van der Waals surface area contributed by atoms with Gasteiger partial charge in [0.15, 0.2) is 0 Å². The van der Waals surface area contributed by atoms with Crippen LogP contribution in [0.25, 0.3) is 0 Å². The molecule has 0 aliphatic carbocycles. The SMILES string of the molecule is CCCCCCOC[C@H]1[C@@H](CCC=CCBr)[C@H]2CC[C@@H]1O2. The Kier molecular flexibility index (Phi) is 8.34. The molecule has 0 spiro atoms. The molecule has 0 N–H and O–H groups in total. The first-order chi connectivity index (χ1) is 10.4. The zero-order valence-electron chi connectivity index (χ0n) is 13.4. The van der Waals surface area contributed by atoms with Crippen molar-refractivity contribution >= 4 is 15.9 Å². The van der Waals surface area contributed by atoms with Crippen molar-refractivity contribution in [2.24, 2.45) is 11.8 Å². The molecule has 2 rings (SSSR count). The van der Waals surface area contributed by atoms with Crippen LogP contribution in [0, 0.1) is 11.8 Å². The highest BCUT2D eigenvalue weighted by molar-refractivity contribution is 9.09. The normalized spacial score (nSPS) is 31.5. The van der Waals surface area contributed by atoms with E-state index in [1.807, 2.05) is 0 Å². The maximum atomic E-state index is 6.14. The Hall–Kier alpha value is 0.140. The summed E-state index contributed by atoms with van der Waals surface area (Å²) in [6.45, 7) is 4.10. The number of hydrogen-bond acceptors (Lipinski definition) is 2. The summed E-state index contributed by atoms with van der Waals surface area (Å²) in [6, 6.07) is 0. The first-order valence-electron chi connectivity index (χ1n) is 8.81. The molecule has 2 fully saturated rings. The van der Waals surface area contributed by atoms with Crippen LogP contribution in [0.1, 0.15) is 58.3 Å². The van der Waals surface area contributed by atoms with Gasteiger partial charge in [-0.1, -0.05) is 54.3 Å². The number of alkyl halides is 1. The second kappa shape index (κ2) is 10.0. The maximum Gasteiger partial charge on any atom is 0.0633 e. The lowest BCUT2D eigenvalue weighted by molar-refractivity contribution is 0.0474. The smallest absolute Gasteiger partial charge is 0.0633 e. The molecule has 2 bridgehead atoms. The first-order valence-corrected chi connectivity index (χ1v) is 9.93. The Morgan fingerprint density at radius 3 is 2.67 bits per heavy atom. The number of rotatable bonds is 11. The van der Waals surface area contributed by atoms with Gasteiger partial charge >= 0.3 is 0 Å². The van der Waals surface area contributed by atoms with Crippen LogP contribution in [0.15, 0.2) is 12.2 Å². The number of allylic oxidation sites excluding steroid dienone is 2. The number of hydrogen-bond donors (Lipinski definition) is 0. The molecule has 2 aliphatic heterocycles. The van der Waals surface area contributed by atoms with Gasteiger partial charge in [0.2, 0.25) is 0 Å². The second-order valence-electron chi connectivity index (χ2n) is 6.46. The summed E-state index contributed by atoms with van der Waals surface area (Å²) in [5.74, 6) is 1.37. The molecule has 2 nitrogen and oxygen atoms in total. The van der Waals surface area contributed by atoms with Gasteiger partial charge in [-0.25, -0.2) is 0 Å². The molecule has 0 unspecified atom stereocenters. The van der Waals surface area contributed by atoms with Crippen molar-refractivity contribution < 1.29 is 9.47 Å². The van der Waals surface area contributed by atoms with Crippen LogP contribution in [0.4, 0.5) is 0 Å². The van der Waals surface area contributed by atoms with Gasteiger partial charge < -0.3 is 9.47 Å². The first kappa shape index (κ1) is 17.5. The van der Waals surface area contributed by atoms with E-state index in [4.69, 9.17) is 9.47 Å². The Balaban J connectivity index is 1.67. The van der Waals surface area contributed by atoms with E-state index in [0.717, 1.165) is 24.5 Å². The molecule has 0 aromatic carbocycles. The highest BCUT2D eigenvalue weighted by atomic mass is 79.9. The van der Waals surface area contributed by atoms with Crippen LogP contribution >= 0.6 is 15.9 Å². The molecule has 0 aromatic rings. The third-order valence-corrected chi connectivity index (χ3v) is 5.34. The van der Waals surface area contributed by atoms with Crippen LogP contribution < -0.4 is 0 Å². The molecular weight excluding hydrogens is 328 g/mol. The predicted molar refractivity (Wildman–Crippen MR) is 92.0 cm³/mol. The molecule has 0 radical (unpaired) electrons. The van der Waals surface area contributed by atoms with E-state index < -0.39 is 0 Å². The fraction of sp³-hybridized carbons (Fsp3) is 0.889. The third-order valence-electron chi connectivity index (χ3n) is 4.97. The Labute approximate surface area is 138 Å². The van der Waals surface area contributed by atoms with Crippen molar-refractivity contribution in [1.29, 1.82) is 0 Å². The van der Waals surface area contributed by atoms with E-state index in [9.17, 15) is 0 Å². The summed E-state index contributed by atoms with van der Waals surface area (Å²) in [5.41, 5.74) is 0. The number of fused-ring (bicyclic) bond motifs is 2. The lowest BCUT2D eigenvalue weighted by Crippen LogP contribution is -2.31. The molecule has 4 atom stereocenters. The zero-order chi connectivity index (χ0) is 14.9. The van der Waals surface area contributed by atoms with E-state index in [1.54, 1.807) is 0 Å². The van der Waals surface area contributed by atoms with Crippen LogP contribution in [0.5, 0.6) is 0 Å². The van der Waals surface area contributed by atoms with Gasteiger partial charge in [-0.2, -0.15) is 0 Å². The molecule has 0 aromatic heterocycles. The highest BCUT2D eigenvalue weighted by Gasteiger charge is 2.48. The van der Waals surface area contributed by atoms with Crippen molar-refractivity contribution in [2.75, 3.05) is 18.5 Å². The van der Waals surface area contributed by atoms with Gasteiger partial charge in [0.05, 0.1) is 18.8 Å². The lowest BCUT2D eigenvalue weighted by Gasteiger charge is -2.27. The Bertz CT molecular complexity index is 306. The summed E-state index contributed by atoms with van der Waals surface area (Å²) in [4.78, 5) is 0. The van der Waals surface area contributed by atoms with E-state index >= 15 is 0 Å². The lowest BCUT2D eigenvalue weighted by atomic mass is 9.77. The van der Waals surface area contributed by atoms with Crippen LogP contribution in [-0.2, 0) is 9.47 Å². The van der Waals surface area contributed by atoms with E-state index in [-0.39, 0.29) is 0 Å². The van der Waals surface area contributed by atoms with Gasteiger partial charge in [0.25, 0.3) is 0 Å². The molecule has 3 heteroatoms. The Morgan fingerprint density at radius 1 is 1.10 bits per heavy atom. The molecule has 0 saturated carbocycles. The summed E-state index contributed by atoms with van der Waals surface area (Å²) in [7, 11) is 0. The fourth-order valence-corrected chi connectivity index (χ4v) is 4.09. The van der Waals surface area contributed by atoms with Crippen LogP contribution in [-0.4, -0.2) is 30.8 Å². The average Bonchev–Trinajstić information content (AvgIpc) is 3.09. The quantitative estimate of drug-likeness (QED) is 0.290. The van der Waals surface area contributed by atoms with Crippen LogP contribution in [0.3, 0.4) is 0 Å². The van der Waals surface area contributed by atoms with E-state index in [0.29, 0.717) is 18.1 Å². The van der Waals surface area contributed by atoms with Gasteiger partial charge in [-0.3, -0.25) is 0 Å². The van der Waals surface area contributed by atoms with Crippen LogP contribution in [0.2, 0.25) is 0 Å². The predicted octanol–water partition coefficient (Wildman–Crippen LogP) is 5.11. The molecule has 122 valence electrons. The average molecular weight is 359 g/mol. The van der Waals surface area contributed by atoms with E-state index in [1.165, 1.54) is 51.4 Å². The molecule has 2 aliphatic rings. The molecular formula is C18H31BrO2. The van der Waals surface area contributed by atoms with Gasteiger partial charge in [-0.15, -0.1) is 0 Å². The number of halogens is 1. The van der Waals surface area contributed by atoms with Gasteiger partial charge in [0.1, 0.15) is 0 Å². The Morgan fingerprint density at radius 2 is 1.90 bits per heavy atom. The number of unbranched alkanes of at least 4 members (excludes halogenated alkanes) is 3. The molecule has 21 heavy (non-hydrogen) atoms. The maximum absolute atomic E-state index is 6.14. The zero-order valence-corrected chi connectivity index (χ0v) is 15.0. The standard InChI is InChI=1S/C18H31BrO2/c1-2-3-4-8-13-20-14-16-15(9-6-5-7-12-19)17-10-11-18(16)21-17/h5,7,15-18H,2-4,6,8-14H2,1H3/t15-,16+,17-,18+/m1/s1. The van der Waals surface area contributed by atoms with Crippen molar-refractivity contribution in [3.8, 4) is 0 Å². The monoisotopic (exact) mass is 358 g/mol. The minimum atomic E-state index is 0.482. The fourth-order valence-electron chi connectivity index (χ4n) is 3.82. The van der Waals surface area contributed by atoms with Crippen molar-refractivity contribution in [3.63, 3.8) is 0 Å². The minimum Gasteiger partial charge on any atom is -0.381 e. The number of ether oxygens (including phenoxy) is 2. The van der Waals surface area contributed by atoms with Crippen molar-refractivity contribution in [2.45, 2.75) is 70.5 Å². The van der Waals surface area contributed by atoms with Crippen molar-refractivity contribution in [3.05, 3.63) is 12.2 Å². The molecule has 0 amide bonds. The summed E-state index contributed by atoms with van der Waals surface area (Å²) in [6.07, 6.45) is 15.6. The largest absolute Gasteiger partial charge is 0.381 e. The minimum absolute atomic E-state index is 0.482. The molecule has 2 saturated heterocycles. The molecule has 2 heterocycles. The van der Waals surface area contributed by atoms with Gasteiger partial charge in [0, 0.05) is 17.9 Å². The summed E-state index contributed by atoms with van der Waals surface area (Å²) in [5, 5.41) is 0.963. The summed E-state index contributed by atoms with van der Waals surface area (Å²) < 4.78 is 12.1. The third kappa shape index (κ3) is 5.37. The highest BCUT2D eigenvalue weighted by Crippen LogP contribution is 2.45. The van der Waals surface area contributed by atoms with Crippen molar-refractivity contribution in [1.82, 2.24) is 0 Å².